The van der Waals surface area contributed by atoms with Gasteiger partial charge in [-0.25, -0.2) is 0 Å². The number of nitrogens with one attached hydrogen (secondary N) is 1. The number of likely N-dealkylation sites (N-methyl/N-ethyl adjacent to an activating group) is 1. The molecule has 4 heteroatoms. The Kier molecular flexibility index (Phi) is 5.83. The zero-order valence-electron chi connectivity index (χ0n) is 12.4. The van der Waals surface area contributed by atoms with Crippen LogP contribution in [-0.2, 0) is 4.79 Å². The van der Waals surface area contributed by atoms with Gasteiger partial charge >= 0.3 is 0 Å². The molecular weight excluding hydrogens is 238 g/mol. The number of carbonyl (C=O) groups is 1. The first kappa shape index (κ1) is 15.5. The predicted molar refractivity (Wildman–Crippen MR) is 81.2 cm³/mol. The highest BCUT2D eigenvalue weighted by atomic mass is 16.2. The fourth-order valence-corrected chi connectivity index (χ4v) is 1.95. The highest BCUT2D eigenvalue weighted by molar-refractivity contribution is 5.93. The summed E-state index contributed by atoms with van der Waals surface area (Å²) in [6.07, 6.45) is 1.13. The third-order valence-electron chi connectivity index (χ3n) is 3.38. The third-order valence-corrected chi connectivity index (χ3v) is 3.38. The van der Waals surface area contributed by atoms with Gasteiger partial charge in [-0.2, -0.15) is 0 Å². The number of nitrogen functional groups attached to an aromatic ring is 1. The highest BCUT2D eigenvalue weighted by Gasteiger charge is 2.11. The molecule has 0 heterocycles. The summed E-state index contributed by atoms with van der Waals surface area (Å²) in [5, 5.41) is 2.91. The van der Waals surface area contributed by atoms with Gasteiger partial charge in [-0.3, -0.25) is 9.69 Å². The highest BCUT2D eigenvalue weighted by Crippen LogP contribution is 2.20. The van der Waals surface area contributed by atoms with Crippen molar-refractivity contribution in [2.75, 3.05) is 31.2 Å². The summed E-state index contributed by atoms with van der Waals surface area (Å²) in [6.45, 7) is 7.59. The number of hydrogen-bond donors (Lipinski definition) is 2. The van der Waals surface area contributed by atoms with Crippen LogP contribution in [0, 0.1) is 12.8 Å². The van der Waals surface area contributed by atoms with Crippen molar-refractivity contribution in [2.45, 2.75) is 27.2 Å². The fourth-order valence-electron chi connectivity index (χ4n) is 1.95. The zero-order valence-corrected chi connectivity index (χ0v) is 12.4. The summed E-state index contributed by atoms with van der Waals surface area (Å²) in [6, 6.07) is 5.55. The van der Waals surface area contributed by atoms with E-state index in [9.17, 15) is 4.79 Å². The van der Waals surface area contributed by atoms with E-state index in [1.165, 1.54) is 0 Å². The molecule has 106 valence electrons. The molecule has 0 saturated carbocycles. The molecule has 0 aromatic heterocycles. The Morgan fingerprint density at radius 2 is 2.16 bits per heavy atom. The topological polar surface area (TPSA) is 58.4 Å². The van der Waals surface area contributed by atoms with E-state index in [1.54, 1.807) is 0 Å². The lowest BCUT2D eigenvalue weighted by molar-refractivity contribution is -0.117. The zero-order chi connectivity index (χ0) is 14.4. The molecule has 0 aliphatic carbocycles. The van der Waals surface area contributed by atoms with E-state index >= 15 is 0 Å². The van der Waals surface area contributed by atoms with Crippen LogP contribution in [0.1, 0.15) is 25.8 Å². The molecule has 1 atom stereocenters. The molecule has 1 aromatic carbocycles. The van der Waals surface area contributed by atoms with E-state index < -0.39 is 0 Å². The van der Waals surface area contributed by atoms with Crippen LogP contribution in [0.15, 0.2) is 18.2 Å². The molecule has 1 unspecified atom stereocenters. The van der Waals surface area contributed by atoms with E-state index in [2.05, 4.69) is 19.2 Å². The lowest BCUT2D eigenvalue weighted by Gasteiger charge is -2.20. The Morgan fingerprint density at radius 1 is 1.47 bits per heavy atom. The van der Waals surface area contributed by atoms with E-state index in [1.807, 2.05) is 37.1 Å². The first-order chi connectivity index (χ1) is 8.93. The van der Waals surface area contributed by atoms with Crippen LogP contribution in [0.4, 0.5) is 11.4 Å². The number of rotatable bonds is 6. The van der Waals surface area contributed by atoms with Gasteiger partial charge in [0.05, 0.1) is 6.54 Å². The maximum Gasteiger partial charge on any atom is 0.238 e. The Labute approximate surface area is 116 Å². The molecule has 1 amide bonds. The van der Waals surface area contributed by atoms with E-state index in [0.717, 1.165) is 24.2 Å². The molecule has 0 bridgehead atoms. The second kappa shape index (κ2) is 7.14. The molecule has 3 N–H and O–H groups in total. The minimum absolute atomic E-state index is 0.000460. The molecule has 4 nitrogen and oxygen atoms in total. The molecule has 0 aliphatic heterocycles. The van der Waals surface area contributed by atoms with Crippen molar-refractivity contribution in [3.05, 3.63) is 23.8 Å². The number of anilines is 2. The van der Waals surface area contributed by atoms with Gasteiger partial charge in [-0.15, -0.1) is 0 Å². The van der Waals surface area contributed by atoms with E-state index in [4.69, 9.17) is 5.73 Å². The van der Waals surface area contributed by atoms with Crippen molar-refractivity contribution < 1.29 is 4.79 Å². The minimum atomic E-state index is -0.000460. The number of amides is 1. The van der Waals surface area contributed by atoms with Crippen LogP contribution in [0.2, 0.25) is 0 Å². The van der Waals surface area contributed by atoms with Crippen LogP contribution < -0.4 is 11.1 Å². The Hall–Kier alpha value is -1.55. The first-order valence-electron chi connectivity index (χ1n) is 6.77. The molecule has 19 heavy (non-hydrogen) atoms. The predicted octanol–water partition coefficient (Wildman–Crippen LogP) is 2.49. The van der Waals surface area contributed by atoms with Crippen LogP contribution >= 0.6 is 0 Å². The van der Waals surface area contributed by atoms with Gasteiger partial charge in [0.1, 0.15) is 0 Å². The average molecular weight is 263 g/mol. The normalized spacial score (nSPS) is 12.5. The van der Waals surface area contributed by atoms with Gasteiger partial charge in [-0.05, 0) is 37.6 Å². The fraction of sp³-hybridized carbons (Fsp3) is 0.533. The molecule has 0 aliphatic rings. The summed E-state index contributed by atoms with van der Waals surface area (Å²) in [5.41, 5.74) is 8.23. The third kappa shape index (κ3) is 4.91. The van der Waals surface area contributed by atoms with E-state index in [-0.39, 0.29) is 5.91 Å². The van der Waals surface area contributed by atoms with Crippen molar-refractivity contribution >= 4 is 17.3 Å². The molecule has 1 aromatic rings. The number of benzene rings is 1. The quantitative estimate of drug-likeness (QED) is 0.775. The van der Waals surface area contributed by atoms with Crippen LogP contribution in [-0.4, -0.2) is 30.9 Å². The van der Waals surface area contributed by atoms with Gasteiger partial charge in [-0.1, -0.05) is 26.3 Å². The Morgan fingerprint density at radius 3 is 2.79 bits per heavy atom. The van der Waals surface area contributed by atoms with Crippen LogP contribution in [0.5, 0.6) is 0 Å². The van der Waals surface area contributed by atoms with Crippen molar-refractivity contribution in [1.29, 1.82) is 0 Å². The largest absolute Gasteiger partial charge is 0.398 e. The van der Waals surface area contributed by atoms with Gasteiger partial charge in [0.15, 0.2) is 0 Å². The summed E-state index contributed by atoms with van der Waals surface area (Å²) in [5.74, 6) is 0.603. The summed E-state index contributed by atoms with van der Waals surface area (Å²) < 4.78 is 0. The number of nitrogens with zero attached hydrogens (tertiary/aromatic N) is 1. The molecular formula is C15H25N3O. The molecule has 1 rings (SSSR count). The lowest BCUT2D eigenvalue weighted by atomic mass is 10.1. The van der Waals surface area contributed by atoms with Crippen LogP contribution in [0.25, 0.3) is 0 Å². The van der Waals surface area contributed by atoms with Gasteiger partial charge in [0.25, 0.3) is 0 Å². The standard InChI is InChI=1S/C15H25N3O/c1-5-11(2)9-18(4)10-15(19)17-14-8-6-7-13(16)12(14)3/h6-8,11H,5,9-10,16H2,1-4H3,(H,17,19). The average Bonchev–Trinajstić information content (AvgIpc) is 2.34. The van der Waals surface area contributed by atoms with Gasteiger partial charge in [0.2, 0.25) is 5.91 Å². The molecule has 0 fully saturated rings. The summed E-state index contributed by atoms with van der Waals surface area (Å²) >= 11 is 0. The Bertz CT molecular complexity index is 431. The van der Waals surface area contributed by atoms with Crippen molar-refractivity contribution in [3.63, 3.8) is 0 Å². The van der Waals surface area contributed by atoms with Crippen molar-refractivity contribution in [2.24, 2.45) is 5.92 Å². The second-order valence-corrected chi connectivity index (χ2v) is 5.28. The first-order valence-corrected chi connectivity index (χ1v) is 6.77. The lowest BCUT2D eigenvalue weighted by Crippen LogP contribution is -2.33. The minimum Gasteiger partial charge on any atom is -0.398 e. The summed E-state index contributed by atoms with van der Waals surface area (Å²) in [4.78, 5) is 14.0. The molecule has 0 saturated heterocycles. The molecule has 0 radical (unpaired) electrons. The van der Waals surface area contributed by atoms with Gasteiger partial charge in [0, 0.05) is 17.9 Å². The Balaban J connectivity index is 2.53. The van der Waals surface area contributed by atoms with Crippen LogP contribution in [0.3, 0.4) is 0 Å². The maximum atomic E-state index is 12.0. The second-order valence-electron chi connectivity index (χ2n) is 5.28. The van der Waals surface area contributed by atoms with Crippen molar-refractivity contribution in [1.82, 2.24) is 4.90 Å². The van der Waals surface area contributed by atoms with Crippen molar-refractivity contribution in [3.8, 4) is 0 Å². The SMILES string of the molecule is CCC(C)CN(C)CC(=O)Nc1cccc(N)c1C. The van der Waals surface area contributed by atoms with Gasteiger partial charge < -0.3 is 11.1 Å². The maximum absolute atomic E-state index is 12.0. The van der Waals surface area contributed by atoms with E-state index in [0.29, 0.717) is 18.2 Å². The number of hydrogen-bond acceptors (Lipinski definition) is 3. The number of carbonyl (C=O) groups excluding carboxylic acids is 1. The number of nitrogens with two attached hydrogens (primary N) is 1. The molecule has 0 spiro atoms. The smallest absolute Gasteiger partial charge is 0.238 e. The summed E-state index contributed by atoms with van der Waals surface area (Å²) in [7, 11) is 1.97. The monoisotopic (exact) mass is 263 g/mol.